The van der Waals surface area contributed by atoms with Gasteiger partial charge in [0.25, 0.3) is 0 Å². The standard InChI is InChI=1S/C11H12F2N4/c1-7-8(5-16-17(7)2)4-14-11-10(13)3-9(12)6-15-11/h3,5-6H,4H2,1-2H3,(H,14,15). The first-order valence-electron chi connectivity index (χ1n) is 5.10. The lowest BCUT2D eigenvalue weighted by Gasteiger charge is -2.06. The van der Waals surface area contributed by atoms with Crippen molar-refractivity contribution in [2.24, 2.45) is 7.05 Å². The molecule has 0 saturated carbocycles. The van der Waals surface area contributed by atoms with E-state index in [2.05, 4.69) is 15.4 Å². The minimum absolute atomic E-state index is 0.0367. The number of rotatable bonds is 3. The molecule has 0 aliphatic carbocycles. The molecule has 6 heteroatoms. The molecule has 17 heavy (non-hydrogen) atoms. The zero-order chi connectivity index (χ0) is 12.4. The van der Waals surface area contributed by atoms with Gasteiger partial charge >= 0.3 is 0 Å². The Balaban J connectivity index is 2.10. The summed E-state index contributed by atoms with van der Waals surface area (Å²) in [6, 6.07) is 0.797. The smallest absolute Gasteiger partial charge is 0.168 e. The molecule has 0 aliphatic rings. The molecule has 0 amide bonds. The second-order valence-electron chi connectivity index (χ2n) is 3.72. The Morgan fingerprint density at radius 1 is 1.35 bits per heavy atom. The maximum Gasteiger partial charge on any atom is 0.168 e. The molecule has 2 heterocycles. The summed E-state index contributed by atoms with van der Waals surface area (Å²) in [5, 5.41) is 6.87. The number of hydrogen-bond donors (Lipinski definition) is 1. The highest BCUT2D eigenvalue weighted by Gasteiger charge is 2.07. The lowest BCUT2D eigenvalue weighted by molar-refractivity contribution is 0.575. The van der Waals surface area contributed by atoms with Gasteiger partial charge in [0.15, 0.2) is 11.6 Å². The first kappa shape index (κ1) is 11.5. The highest BCUT2D eigenvalue weighted by atomic mass is 19.1. The third-order valence-corrected chi connectivity index (χ3v) is 2.59. The van der Waals surface area contributed by atoms with Crippen LogP contribution in [0.4, 0.5) is 14.6 Å². The molecular formula is C11H12F2N4. The number of aryl methyl sites for hydroxylation is 1. The molecule has 4 nitrogen and oxygen atoms in total. The predicted octanol–water partition coefficient (Wildman–Crippen LogP) is 2.01. The maximum absolute atomic E-state index is 13.3. The molecular weight excluding hydrogens is 226 g/mol. The van der Waals surface area contributed by atoms with Crippen LogP contribution in [0.3, 0.4) is 0 Å². The highest BCUT2D eigenvalue weighted by Crippen LogP contribution is 2.13. The van der Waals surface area contributed by atoms with Crippen LogP contribution in [0.2, 0.25) is 0 Å². The van der Waals surface area contributed by atoms with Crippen LogP contribution in [0.5, 0.6) is 0 Å². The monoisotopic (exact) mass is 238 g/mol. The molecule has 90 valence electrons. The Kier molecular flexibility index (Phi) is 3.03. The van der Waals surface area contributed by atoms with Gasteiger partial charge in [-0.05, 0) is 6.92 Å². The summed E-state index contributed by atoms with van der Waals surface area (Å²) in [6.45, 7) is 2.31. The van der Waals surface area contributed by atoms with Crippen LogP contribution in [0.25, 0.3) is 0 Å². The van der Waals surface area contributed by atoms with E-state index in [1.807, 2.05) is 14.0 Å². The molecule has 0 saturated heterocycles. The van der Waals surface area contributed by atoms with Crippen molar-refractivity contribution in [2.45, 2.75) is 13.5 Å². The Morgan fingerprint density at radius 3 is 2.71 bits per heavy atom. The normalized spacial score (nSPS) is 10.6. The number of halogens is 2. The Morgan fingerprint density at radius 2 is 2.12 bits per heavy atom. The first-order chi connectivity index (χ1) is 8.08. The summed E-state index contributed by atoms with van der Waals surface area (Å²) in [6.07, 6.45) is 2.67. The summed E-state index contributed by atoms with van der Waals surface area (Å²) in [7, 11) is 1.83. The van der Waals surface area contributed by atoms with Crippen molar-refractivity contribution >= 4 is 5.82 Å². The third kappa shape index (κ3) is 2.41. The lowest BCUT2D eigenvalue weighted by atomic mass is 10.2. The number of nitrogens with zero attached hydrogens (tertiary/aromatic N) is 3. The van der Waals surface area contributed by atoms with E-state index in [0.29, 0.717) is 6.54 Å². The molecule has 0 fully saturated rings. The number of anilines is 1. The Bertz CT molecular complexity index is 536. The molecule has 0 spiro atoms. The van der Waals surface area contributed by atoms with Crippen molar-refractivity contribution in [3.05, 3.63) is 41.4 Å². The predicted molar refractivity (Wildman–Crippen MR) is 59.4 cm³/mol. The number of aromatic nitrogens is 3. The summed E-state index contributed by atoms with van der Waals surface area (Å²) < 4.78 is 27.6. The van der Waals surface area contributed by atoms with E-state index in [9.17, 15) is 8.78 Å². The molecule has 0 atom stereocenters. The minimum Gasteiger partial charge on any atom is -0.363 e. The van der Waals surface area contributed by atoms with E-state index >= 15 is 0 Å². The van der Waals surface area contributed by atoms with Crippen molar-refractivity contribution in [3.63, 3.8) is 0 Å². The van der Waals surface area contributed by atoms with Gasteiger partial charge in [-0.15, -0.1) is 0 Å². The molecule has 2 aromatic heterocycles. The van der Waals surface area contributed by atoms with Crippen molar-refractivity contribution < 1.29 is 8.78 Å². The van der Waals surface area contributed by atoms with Gasteiger partial charge in [0.1, 0.15) is 5.82 Å². The van der Waals surface area contributed by atoms with Gasteiger partial charge in [0.05, 0.1) is 12.4 Å². The van der Waals surface area contributed by atoms with E-state index in [0.717, 1.165) is 23.5 Å². The first-order valence-corrected chi connectivity index (χ1v) is 5.10. The minimum atomic E-state index is -0.702. The Labute approximate surface area is 97.3 Å². The average Bonchev–Trinajstić information content (AvgIpc) is 2.59. The van der Waals surface area contributed by atoms with Crippen molar-refractivity contribution in [2.75, 3.05) is 5.32 Å². The molecule has 0 aromatic carbocycles. The van der Waals surface area contributed by atoms with E-state index in [4.69, 9.17) is 0 Å². The van der Waals surface area contributed by atoms with Crippen LogP contribution in [0.15, 0.2) is 18.5 Å². The fourth-order valence-corrected chi connectivity index (χ4v) is 1.44. The van der Waals surface area contributed by atoms with Gasteiger partial charge in [-0.25, -0.2) is 13.8 Å². The SMILES string of the molecule is Cc1c(CNc2ncc(F)cc2F)cnn1C. The van der Waals surface area contributed by atoms with Gasteiger partial charge in [0, 0.05) is 30.9 Å². The third-order valence-electron chi connectivity index (χ3n) is 2.59. The van der Waals surface area contributed by atoms with Crippen molar-refractivity contribution in [1.82, 2.24) is 14.8 Å². The van der Waals surface area contributed by atoms with Gasteiger partial charge < -0.3 is 5.32 Å². The van der Waals surface area contributed by atoms with Gasteiger partial charge in [-0.3, -0.25) is 4.68 Å². The molecule has 1 N–H and O–H groups in total. The fraction of sp³-hybridized carbons (Fsp3) is 0.273. The summed E-state index contributed by atoms with van der Waals surface area (Å²) in [4.78, 5) is 3.64. The van der Waals surface area contributed by atoms with E-state index in [1.54, 1.807) is 10.9 Å². The van der Waals surface area contributed by atoms with Crippen LogP contribution < -0.4 is 5.32 Å². The number of pyridine rings is 1. The topological polar surface area (TPSA) is 42.7 Å². The summed E-state index contributed by atoms with van der Waals surface area (Å²) in [5.74, 6) is -1.35. The summed E-state index contributed by atoms with van der Waals surface area (Å²) in [5.41, 5.74) is 1.93. The zero-order valence-electron chi connectivity index (χ0n) is 9.54. The number of nitrogens with one attached hydrogen (secondary N) is 1. The molecule has 0 bridgehead atoms. The van der Waals surface area contributed by atoms with Crippen LogP contribution in [0, 0.1) is 18.6 Å². The Hall–Kier alpha value is -1.98. The van der Waals surface area contributed by atoms with Gasteiger partial charge in [-0.1, -0.05) is 0 Å². The van der Waals surface area contributed by atoms with Crippen LogP contribution >= 0.6 is 0 Å². The van der Waals surface area contributed by atoms with E-state index in [-0.39, 0.29) is 5.82 Å². The van der Waals surface area contributed by atoms with Crippen LogP contribution in [-0.2, 0) is 13.6 Å². The van der Waals surface area contributed by atoms with Crippen molar-refractivity contribution in [3.8, 4) is 0 Å². The van der Waals surface area contributed by atoms with E-state index in [1.165, 1.54) is 0 Å². The second-order valence-corrected chi connectivity index (χ2v) is 3.72. The lowest BCUT2D eigenvalue weighted by Crippen LogP contribution is -2.05. The average molecular weight is 238 g/mol. The second kappa shape index (κ2) is 4.48. The van der Waals surface area contributed by atoms with E-state index < -0.39 is 11.6 Å². The maximum atomic E-state index is 13.3. The van der Waals surface area contributed by atoms with Crippen LogP contribution in [0.1, 0.15) is 11.3 Å². The van der Waals surface area contributed by atoms with Crippen molar-refractivity contribution in [1.29, 1.82) is 0 Å². The molecule has 0 radical (unpaired) electrons. The molecule has 0 aliphatic heterocycles. The molecule has 2 rings (SSSR count). The number of hydrogen-bond acceptors (Lipinski definition) is 3. The highest BCUT2D eigenvalue weighted by molar-refractivity contribution is 5.37. The fourth-order valence-electron chi connectivity index (χ4n) is 1.44. The van der Waals surface area contributed by atoms with Gasteiger partial charge in [-0.2, -0.15) is 5.10 Å². The van der Waals surface area contributed by atoms with Gasteiger partial charge in [0.2, 0.25) is 0 Å². The largest absolute Gasteiger partial charge is 0.363 e. The quantitative estimate of drug-likeness (QED) is 0.889. The summed E-state index contributed by atoms with van der Waals surface area (Å²) >= 11 is 0. The zero-order valence-corrected chi connectivity index (χ0v) is 9.54. The molecule has 0 unspecified atom stereocenters. The van der Waals surface area contributed by atoms with Crippen LogP contribution in [-0.4, -0.2) is 14.8 Å². The molecule has 2 aromatic rings.